The monoisotopic (exact) mass is 468 g/mol. The Labute approximate surface area is 187 Å². The van der Waals surface area contributed by atoms with E-state index in [9.17, 15) is 9.59 Å². The van der Waals surface area contributed by atoms with Gasteiger partial charge in [0.1, 0.15) is 0 Å². The molecule has 2 aliphatic heterocycles. The van der Waals surface area contributed by atoms with Gasteiger partial charge in [0.25, 0.3) is 0 Å². The number of carbonyl (C=O) groups excluding carboxylic acids is 2. The number of nitrogens with one attached hydrogen (secondary N) is 2. The fourth-order valence-corrected chi connectivity index (χ4v) is 4.33. The van der Waals surface area contributed by atoms with Crippen LogP contribution in [0.3, 0.4) is 0 Å². The van der Waals surface area contributed by atoms with Crippen molar-refractivity contribution in [2.75, 3.05) is 56.1 Å². The fraction of sp³-hybridized carbons (Fsp3) is 0.556. The van der Waals surface area contributed by atoms with Gasteiger partial charge in [0.15, 0.2) is 0 Å². The molecule has 1 unspecified atom stereocenters. The van der Waals surface area contributed by atoms with Gasteiger partial charge in [-0.15, -0.1) is 24.8 Å². The maximum absolute atomic E-state index is 12.4. The molecule has 2 saturated heterocycles. The maximum Gasteiger partial charge on any atom is 0.238 e. The van der Waals surface area contributed by atoms with Gasteiger partial charge in [-0.3, -0.25) is 14.5 Å². The first-order chi connectivity index (χ1) is 12.6. The zero-order valence-electron chi connectivity index (χ0n) is 15.6. The van der Waals surface area contributed by atoms with Crippen LogP contribution in [0.5, 0.6) is 0 Å². The van der Waals surface area contributed by atoms with Crippen molar-refractivity contribution >= 4 is 65.7 Å². The van der Waals surface area contributed by atoms with Crippen molar-refractivity contribution in [3.63, 3.8) is 0 Å². The Balaban J connectivity index is 0.00000196. The van der Waals surface area contributed by atoms with E-state index in [-0.39, 0.29) is 36.6 Å². The molecule has 0 saturated carbocycles. The third-order valence-corrected chi connectivity index (χ3v) is 6.12. The van der Waals surface area contributed by atoms with Gasteiger partial charge in [-0.05, 0) is 12.1 Å². The van der Waals surface area contributed by atoms with Gasteiger partial charge in [0.05, 0.1) is 17.3 Å². The number of amides is 2. The van der Waals surface area contributed by atoms with Crippen LogP contribution in [0, 0.1) is 0 Å². The summed E-state index contributed by atoms with van der Waals surface area (Å²) < 4.78 is 0. The van der Waals surface area contributed by atoms with Crippen LogP contribution >= 0.6 is 48.2 Å². The van der Waals surface area contributed by atoms with Crippen LogP contribution in [-0.4, -0.2) is 78.4 Å². The zero-order valence-corrected chi connectivity index (χ0v) is 18.8. The van der Waals surface area contributed by atoms with Crippen molar-refractivity contribution in [1.82, 2.24) is 15.1 Å². The zero-order chi connectivity index (χ0) is 18.4. The molecule has 1 atom stereocenters. The summed E-state index contributed by atoms with van der Waals surface area (Å²) in [5.41, 5.74) is 0.630. The van der Waals surface area contributed by atoms with Crippen LogP contribution in [0.25, 0.3) is 0 Å². The number of hydrogen-bond donors (Lipinski definition) is 2. The smallest absolute Gasteiger partial charge is 0.238 e. The number of nitrogens with zero attached hydrogens (tertiary/aromatic N) is 2. The Bertz CT molecular complexity index is 639. The highest BCUT2D eigenvalue weighted by Gasteiger charge is 2.25. The minimum absolute atomic E-state index is 0. The number of anilines is 1. The van der Waals surface area contributed by atoms with Crippen molar-refractivity contribution in [2.45, 2.75) is 12.5 Å². The first-order valence-electron chi connectivity index (χ1n) is 8.97. The van der Waals surface area contributed by atoms with Crippen LogP contribution < -0.4 is 10.6 Å². The molecule has 0 aliphatic carbocycles. The van der Waals surface area contributed by atoms with E-state index < -0.39 is 0 Å². The lowest BCUT2D eigenvalue weighted by atomic mass is 10.2. The van der Waals surface area contributed by atoms with Gasteiger partial charge in [-0.25, -0.2) is 0 Å². The van der Waals surface area contributed by atoms with Crippen molar-refractivity contribution in [2.24, 2.45) is 0 Å². The maximum atomic E-state index is 12.4. The second kappa shape index (κ2) is 12.8. The van der Waals surface area contributed by atoms with E-state index in [0.717, 1.165) is 18.1 Å². The Morgan fingerprint density at radius 1 is 1.18 bits per heavy atom. The minimum atomic E-state index is -0.0821. The number of piperazine rings is 1. The fourth-order valence-electron chi connectivity index (χ4n) is 3.20. The van der Waals surface area contributed by atoms with Crippen LogP contribution in [0.15, 0.2) is 24.3 Å². The predicted molar refractivity (Wildman–Crippen MR) is 121 cm³/mol. The number of hydrogen-bond acceptors (Lipinski definition) is 5. The lowest BCUT2D eigenvalue weighted by Crippen LogP contribution is -2.52. The van der Waals surface area contributed by atoms with Gasteiger partial charge >= 0.3 is 0 Å². The molecule has 3 rings (SSSR count). The summed E-state index contributed by atoms with van der Waals surface area (Å²) >= 11 is 7.97. The number of para-hydroxylation sites is 1. The van der Waals surface area contributed by atoms with Crippen molar-refractivity contribution in [3.05, 3.63) is 29.3 Å². The quantitative estimate of drug-likeness (QED) is 0.693. The van der Waals surface area contributed by atoms with E-state index >= 15 is 0 Å². The summed E-state index contributed by atoms with van der Waals surface area (Å²) in [6.45, 7) is 4.09. The molecular formula is C18H27Cl3N4O2S. The van der Waals surface area contributed by atoms with Crippen LogP contribution in [0.2, 0.25) is 5.02 Å². The number of carbonyl (C=O) groups is 2. The highest BCUT2D eigenvalue weighted by molar-refractivity contribution is 7.99. The second-order valence-electron chi connectivity index (χ2n) is 6.62. The highest BCUT2D eigenvalue weighted by atomic mass is 35.5. The average Bonchev–Trinajstić information content (AvgIpc) is 2.65. The van der Waals surface area contributed by atoms with E-state index in [1.165, 1.54) is 0 Å². The molecule has 1 aromatic carbocycles. The normalized spacial score (nSPS) is 19.9. The molecule has 0 spiro atoms. The van der Waals surface area contributed by atoms with Crippen molar-refractivity contribution in [3.8, 4) is 0 Å². The second-order valence-corrected chi connectivity index (χ2v) is 8.17. The molecule has 6 nitrogen and oxygen atoms in total. The molecule has 2 fully saturated rings. The summed E-state index contributed by atoms with van der Waals surface area (Å²) in [5, 5.41) is 6.78. The Hall–Kier alpha value is -0.700. The van der Waals surface area contributed by atoms with Gasteiger partial charge in [-0.2, -0.15) is 11.8 Å². The average molecular weight is 470 g/mol. The van der Waals surface area contributed by atoms with Crippen molar-refractivity contribution < 1.29 is 9.59 Å². The first-order valence-corrected chi connectivity index (χ1v) is 10.5. The molecule has 2 amide bonds. The molecule has 2 heterocycles. The Morgan fingerprint density at radius 3 is 2.54 bits per heavy atom. The summed E-state index contributed by atoms with van der Waals surface area (Å²) in [4.78, 5) is 28.6. The number of halogens is 3. The van der Waals surface area contributed by atoms with Crippen molar-refractivity contribution in [1.29, 1.82) is 0 Å². The molecule has 0 radical (unpaired) electrons. The standard InChI is InChI=1S/C18H25ClN4O2S.2ClH/c19-15-3-1-2-4-16(15)21-17(24)12-22-6-8-23(9-7-22)18(25)11-14-13-26-10-5-20-14;;/h1-4,14,20H,5-13H2,(H,21,24);2*1H. The summed E-state index contributed by atoms with van der Waals surface area (Å²) in [5.74, 6) is 2.26. The third kappa shape index (κ3) is 7.61. The molecule has 2 N–H and O–H groups in total. The highest BCUT2D eigenvalue weighted by Crippen LogP contribution is 2.20. The van der Waals surface area contributed by atoms with Crippen LogP contribution in [-0.2, 0) is 9.59 Å². The first kappa shape index (κ1) is 25.3. The molecular weight excluding hydrogens is 443 g/mol. The lowest BCUT2D eigenvalue weighted by Gasteiger charge is -2.35. The predicted octanol–water partition coefficient (Wildman–Crippen LogP) is 2.36. The molecule has 0 aromatic heterocycles. The Kier molecular flexibility index (Phi) is 11.6. The molecule has 0 bridgehead atoms. The van der Waals surface area contributed by atoms with E-state index in [1.807, 2.05) is 28.8 Å². The summed E-state index contributed by atoms with van der Waals surface area (Å²) in [6, 6.07) is 7.50. The molecule has 10 heteroatoms. The van der Waals surface area contributed by atoms with Gasteiger partial charge in [0, 0.05) is 56.7 Å². The number of rotatable bonds is 5. The largest absolute Gasteiger partial charge is 0.340 e. The van der Waals surface area contributed by atoms with Crippen LogP contribution in [0.4, 0.5) is 5.69 Å². The summed E-state index contributed by atoms with van der Waals surface area (Å²) in [6.07, 6.45) is 0.569. The Morgan fingerprint density at radius 2 is 1.89 bits per heavy atom. The van der Waals surface area contributed by atoms with E-state index in [2.05, 4.69) is 15.5 Å². The minimum Gasteiger partial charge on any atom is -0.340 e. The molecule has 158 valence electrons. The number of thioether (sulfide) groups is 1. The molecule has 28 heavy (non-hydrogen) atoms. The van der Waals surface area contributed by atoms with Gasteiger partial charge in [-0.1, -0.05) is 23.7 Å². The third-order valence-electron chi connectivity index (χ3n) is 4.66. The summed E-state index contributed by atoms with van der Waals surface area (Å²) in [7, 11) is 0. The van der Waals surface area contributed by atoms with E-state index in [1.54, 1.807) is 12.1 Å². The number of benzene rings is 1. The van der Waals surface area contributed by atoms with Gasteiger partial charge in [0.2, 0.25) is 11.8 Å². The van der Waals surface area contributed by atoms with Gasteiger partial charge < -0.3 is 15.5 Å². The van der Waals surface area contributed by atoms with Crippen LogP contribution in [0.1, 0.15) is 6.42 Å². The van der Waals surface area contributed by atoms with E-state index in [4.69, 9.17) is 11.6 Å². The topological polar surface area (TPSA) is 64.7 Å². The van der Waals surface area contributed by atoms with E-state index in [0.29, 0.717) is 55.9 Å². The molecule has 2 aliphatic rings. The lowest BCUT2D eigenvalue weighted by molar-refractivity contribution is -0.133. The molecule has 1 aromatic rings. The SMILES string of the molecule is Cl.Cl.O=C(CN1CCN(C(=O)CC2CSCCN2)CC1)Nc1ccccc1Cl.